The highest BCUT2D eigenvalue weighted by Crippen LogP contribution is 2.38. The third-order valence-electron chi connectivity index (χ3n) is 2.75. The van der Waals surface area contributed by atoms with Gasteiger partial charge in [0.25, 0.3) is 11.4 Å². The first-order valence-corrected chi connectivity index (χ1v) is 6.35. The van der Waals surface area contributed by atoms with Crippen LogP contribution >= 0.6 is 0 Å². The summed E-state index contributed by atoms with van der Waals surface area (Å²) in [6.07, 6.45) is 4.10. The van der Waals surface area contributed by atoms with Crippen molar-refractivity contribution in [3.63, 3.8) is 0 Å². The van der Waals surface area contributed by atoms with Crippen LogP contribution in [-0.4, -0.2) is 19.9 Å². The molecule has 24 heavy (non-hydrogen) atoms. The average Bonchev–Trinajstić information content (AvgIpc) is 2.46. The molecule has 126 valence electrons. The number of hydrogen-bond acceptors (Lipinski definition) is 7. The second-order valence-corrected chi connectivity index (χ2v) is 4.65. The van der Waals surface area contributed by atoms with Gasteiger partial charge in [0.2, 0.25) is 0 Å². The number of nitrogens with zero attached hydrogens (tertiary/aromatic N) is 4. The largest absolute Gasteiger partial charge is 0.497 e. The normalized spacial score (nSPS) is 9.58. The van der Waals surface area contributed by atoms with Crippen molar-refractivity contribution in [2.45, 2.75) is 6.92 Å². The minimum atomic E-state index is -1.21. The summed E-state index contributed by atoms with van der Waals surface area (Å²) in [4.78, 5) is 27.8. The van der Waals surface area contributed by atoms with E-state index >= 15 is 0 Å². The van der Waals surface area contributed by atoms with Crippen LogP contribution in [0.15, 0.2) is 36.7 Å². The summed E-state index contributed by atoms with van der Waals surface area (Å²) < 4.78 is 2.04. The van der Waals surface area contributed by atoms with Crippen molar-refractivity contribution in [1.29, 1.82) is 0 Å². The van der Waals surface area contributed by atoms with Gasteiger partial charge in [0.05, 0.1) is 26.9 Å². The third kappa shape index (κ3) is 4.69. The van der Waals surface area contributed by atoms with E-state index in [4.69, 9.17) is 5.11 Å². The number of benzene rings is 1. The van der Waals surface area contributed by atoms with Crippen molar-refractivity contribution in [3.8, 4) is 5.75 Å². The molecule has 0 saturated heterocycles. The number of nitro groups is 3. The van der Waals surface area contributed by atoms with Crippen molar-refractivity contribution in [1.82, 2.24) is 0 Å². The number of non-ortho nitro benzene ring substituents is 1. The smallest absolute Gasteiger partial charge is 0.324 e. The molecule has 0 saturated carbocycles. The van der Waals surface area contributed by atoms with E-state index in [2.05, 4.69) is 19.2 Å². The molecule has 0 radical (unpaired) electrons. The lowest BCUT2D eigenvalue weighted by Crippen LogP contribution is -2.26. The lowest BCUT2D eigenvalue weighted by Gasteiger charge is -1.97. The fourth-order valence-electron chi connectivity index (χ4n) is 1.71. The van der Waals surface area contributed by atoms with Crippen LogP contribution in [0.4, 0.5) is 17.1 Å². The highest BCUT2D eigenvalue weighted by molar-refractivity contribution is 5.64. The molecule has 0 bridgehead atoms. The van der Waals surface area contributed by atoms with Crippen LogP contribution in [0.3, 0.4) is 0 Å². The van der Waals surface area contributed by atoms with Gasteiger partial charge in [0, 0.05) is 11.6 Å². The van der Waals surface area contributed by atoms with E-state index in [0.717, 1.165) is 0 Å². The predicted octanol–water partition coefficient (Wildman–Crippen LogP) is 1.94. The fourth-order valence-corrected chi connectivity index (χ4v) is 1.71. The molecular formula is C13H13N4O7+. The molecule has 0 aliphatic heterocycles. The van der Waals surface area contributed by atoms with Crippen LogP contribution < -0.4 is 4.57 Å². The molecule has 0 spiro atoms. The van der Waals surface area contributed by atoms with Crippen molar-refractivity contribution >= 4 is 17.1 Å². The van der Waals surface area contributed by atoms with E-state index in [1.165, 1.54) is 5.56 Å². The van der Waals surface area contributed by atoms with Crippen LogP contribution in [-0.2, 0) is 7.05 Å². The van der Waals surface area contributed by atoms with E-state index in [-0.39, 0.29) is 0 Å². The Morgan fingerprint density at radius 3 is 1.79 bits per heavy atom. The molecule has 2 rings (SSSR count). The molecule has 0 fully saturated rings. The summed E-state index contributed by atoms with van der Waals surface area (Å²) in [6.45, 7) is 2.08. The zero-order valence-electron chi connectivity index (χ0n) is 12.6. The van der Waals surface area contributed by atoms with Crippen molar-refractivity contribution < 1.29 is 24.4 Å². The summed E-state index contributed by atoms with van der Waals surface area (Å²) in [6, 6.07) is 5.01. The molecule has 0 amide bonds. The first-order valence-electron chi connectivity index (χ1n) is 6.35. The maximum Gasteiger partial charge on any atom is 0.324 e. The van der Waals surface area contributed by atoms with Gasteiger partial charge in [-0.3, -0.25) is 30.3 Å². The number of aromatic hydroxyl groups is 1. The number of phenols is 1. The van der Waals surface area contributed by atoms with E-state index < -0.39 is 37.6 Å². The standard InChI is InChI=1S/C7H10N.C6H3N3O7/c1-7-4-3-5-8(2)6-7;10-6-4(8(13)14)1-3(7(11)12)2-5(6)9(15)16/h3-6H,1-2H3;1-2,10H/q+1;. The topological polar surface area (TPSA) is 154 Å². The Morgan fingerprint density at radius 2 is 1.50 bits per heavy atom. The molecule has 1 aromatic heterocycles. The second kappa shape index (κ2) is 7.58. The molecule has 2 aromatic rings. The lowest BCUT2D eigenvalue weighted by atomic mass is 10.2. The number of hydrogen-bond donors (Lipinski definition) is 1. The molecular weight excluding hydrogens is 324 g/mol. The zero-order valence-corrected chi connectivity index (χ0v) is 12.6. The van der Waals surface area contributed by atoms with Gasteiger partial charge >= 0.3 is 11.4 Å². The molecule has 0 aliphatic rings. The minimum absolute atomic E-state index is 0.447. The number of phenolic OH excluding ortho intramolecular Hbond substituents is 1. The first kappa shape index (κ1) is 18.4. The molecule has 1 N–H and O–H groups in total. The number of aryl methyl sites for hydroxylation is 2. The van der Waals surface area contributed by atoms with Gasteiger partial charge in [-0.1, -0.05) is 0 Å². The Hall–Kier alpha value is -3.63. The van der Waals surface area contributed by atoms with Crippen molar-refractivity contribution in [3.05, 3.63) is 72.6 Å². The summed E-state index contributed by atoms with van der Waals surface area (Å²) >= 11 is 0. The molecule has 11 heteroatoms. The SMILES string of the molecule is Cc1ccc[n+](C)c1.O=[N+]([O-])c1cc([N+](=O)[O-])c(O)c([N+](=O)[O-])c1. The Kier molecular flexibility index (Phi) is 5.82. The number of pyridine rings is 1. The number of rotatable bonds is 3. The zero-order chi connectivity index (χ0) is 18.4. The maximum atomic E-state index is 10.4. The number of aromatic nitrogens is 1. The summed E-state index contributed by atoms with van der Waals surface area (Å²) in [5.74, 6) is -1.21. The summed E-state index contributed by atoms with van der Waals surface area (Å²) in [5, 5.41) is 40.2. The predicted molar refractivity (Wildman–Crippen MR) is 80.4 cm³/mol. The maximum absolute atomic E-state index is 10.4. The number of nitro benzene ring substituents is 3. The van der Waals surface area contributed by atoms with Crippen molar-refractivity contribution in [2.24, 2.45) is 7.05 Å². The summed E-state index contributed by atoms with van der Waals surface area (Å²) in [5.41, 5.74) is -1.70. The Bertz CT molecular complexity index is 754. The van der Waals surface area contributed by atoms with Crippen LogP contribution in [0.25, 0.3) is 0 Å². The van der Waals surface area contributed by atoms with Crippen LogP contribution in [0, 0.1) is 37.3 Å². The lowest BCUT2D eigenvalue weighted by molar-refractivity contribution is -0.671. The summed E-state index contributed by atoms with van der Waals surface area (Å²) in [7, 11) is 2.02. The van der Waals surface area contributed by atoms with Crippen LogP contribution in [0.2, 0.25) is 0 Å². The molecule has 0 atom stereocenters. The van der Waals surface area contributed by atoms with E-state index in [0.29, 0.717) is 12.1 Å². The quantitative estimate of drug-likeness (QED) is 0.510. The van der Waals surface area contributed by atoms with E-state index in [9.17, 15) is 30.3 Å². The first-order chi connectivity index (χ1) is 11.1. The van der Waals surface area contributed by atoms with Gasteiger partial charge < -0.3 is 5.11 Å². The van der Waals surface area contributed by atoms with Crippen molar-refractivity contribution in [2.75, 3.05) is 0 Å². The molecule has 0 aliphatic carbocycles. The molecule has 1 aromatic carbocycles. The fraction of sp³-hybridized carbons (Fsp3) is 0.154. The third-order valence-corrected chi connectivity index (χ3v) is 2.75. The van der Waals surface area contributed by atoms with Gasteiger partial charge in [-0.15, -0.1) is 0 Å². The van der Waals surface area contributed by atoms with Gasteiger partial charge in [0.15, 0.2) is 12.4 Å². The highest BCUT2D eigenvalue weighted by atomic mass is 16.6. The van der Waals surface area contributed by atoms with Crippen LogP contribution in [0.5, 0.6) is 5.75 Å². The van der Waals surface area contributed by atoms with E-state index in [1.54, 1.807) is 0 Å². The van der Waals surface area contributed by atoms with Gasteiger partial charge in [0.1, 0.15) is 7.05 Å². The van der Waals surface area contributed by atoms with Gasteiger partial charge in [-0.2, -0.15) is 0 Å². The average molecular weight is 337 g/mol. The molecule has 0 unspecified atom stereocenters. The minimum Gasteiger partial charge on any atom is -0.497 e. The Morgan fingerprint density at radius 1 is 1.00 bits per heavy atom. The Balaban J connectivity index is 0.000000300. The highest BCUT2D eigenvalue weighted by Gasteiger charge is 2.30. The second-order valence-electron chi connectivity index (χ2n) is 4.65. The monoisotopic (exact) mass is 337 g/mol. The molecule has 1 heterocycles. The Labute approximate surface area is 134 Å². The molecule has 11 nitrogen and oxygen atoms in total. The van der Waals surface area contributed by atoms with Gasteiger partial charge in [-0.05, 0) is 13.0 Å². The van der Waals surface area contributed by atoms with E-state index in [1.807, 2.05) is 23.9 Å². The van der Waals surface area contributed by atoms with Gasteiger partial charge in [-0.25, -0.2) is 4.57 Å². The van der Waals surface area contributed by atoms with Crippen LogP contribution in [0.1, 0.15) is 5.56 Å².